The molecule has 1 aliphatic heterocycles. The van der Waals surface area contributed by atoms with Crippen molar-refractivity contribution >= 4 is 10.0 Å². The van der Waals surface area contributed by atoms with Gasteiger partial charge in [0.2, 0.25) is 10.0 Å². The van der Waals surface area contributed by atoms with Gasteiger partial charge in [-0.25, -0.2) is 13.1 Å². The van der Waals surface area contributed by atoms with Crippen LogP contribution >= 0.6 is 0 Å². The summed E-state index contributed by atoms with van der Waals surface area (Å²) >= 11 is 0. The minimum Gasteiger partial charge on any atom is -0.496 e. The molecular weight excluding hydrogens is 352 g/mol. The zero-order chi connectivity index (χ0) is 18.7. The zero-order valence-electron chi connectivity index (χ0n) is 15.5. The molecule has 1 N–H and O–H groups in total. The van der Waals surface area contributed by atoms with Gasteiger partial charge in [0.05, 0.1) is 24.3 Å². The third-order valence-electron chi connectivity index (χ3n) is 4.90. The van der Waals surface area contributed by atoms with E-state index in [2.05, 4.69) is 9.62 Å². The standard InChI is InChI=1S/C19H26N2O4S/c1-14-12-19(15(2)11-18(14)24-3)26(22,23)20-13-16(17-7-6-10-25-17)21-8-4-5-9-21/h6-7,10-12,16,20H,4-5,8-9,13H2,1-3H3. The summed E-state index contributed by atoms with van der Waals surface area (Å²) in [5.74, 6) is 1.48. The molecule has 0 aliphatic carbocycles. The van der Waals surface area contributed by atoms with Crippen molar-refractivity contribution in [2.24, 2.45) is 0 Å². The SMILES string of the molecule is COc1cc(C)c(S(=O)(=O)NCC(c2ccco2)N2CCCC2)cc1C. The van der Waals surface area contributed by atoms with Gasteiger partial charge in [0.25, 0.3) is 0 Å². The number of hydrogen-bond donors (Lipinski definition) is 1. The third-order valence-corrected chi connectivity index (χ3v) is 6.47. The molecular formula is C19H26N2O4S. The second kappa shape index (κ2) is 7.82. The molecule has 0 bridgehead atoms. The van der Waals surface area contributed by atoms with Crippen LogP contribution in [0.15, 0.2) is 39.8 Å². The topological polar surface area (TPSA) is 71.8 Å². The summed E-state index contributed by atoms with van der Waals surface area (Å²) in [5, 5.41) is 0. The molecule has 7 heteroatoms. The smallest absolute Gasteiger partial charge is 0.240 e. The van der Waals surface area contributed by atoms with Crippen LogP contribution < -0.4 is 9.46 Å². The van der Waals surface area contributed by atoms with Crippen molar-refractivity contribution in [1.29, 1.82) is 0 Å². The van der Waals surface area contributed by atoms with Crippen LogP contribution in [-0.4, -0.2) is 40.1 Å². The lowest BCUT2D eigenvalue weighted by molar-refractivity contribution is 0.216. The Morgan fingerprint density at radius 3 is 2.58 bits per heavy atom. The molecule has 0 radical (unpaired) electrons. The fourth-order valence-electron chi connectivity index (χ4n) is 3.48. The van der Waals surface area contributed by atoms with Crippen molar-refractivity contribution in [2.75, 3.05) is 26.7 Å². The first-order chi connectivity index (χ1) is 12.4. The molecule has 1 aromatic carbocycles. The summed E-state index contributed by atoms with van der Waals surface area (Å²) in [7, 11) is -2.05. The molecule has 0 saturated carbocycles. The minimum absolute atomic E-state index is 0.0954. The van der Waals surface area contributed by atoms with Gasteiger partial charge in [0, 0.05) is 6.54 Å². The van der Waals surface area contributed by atoms with Gasteiger partial charge in [-0.3, -0.25) is 4.90 Å². The van der Waals surface area contributed by atoms with Crippen LogP contribution in [0.4, 0.5) is 0 Å². The normalized spacial score (nSPS) is 16.7. The van der Waals surface area contributed by atoms with E-state index in [1.165, 1.54) is 0 Å². The molecule has 1 aliphatic rings. The molecule has 6 nitrogen and oxygen atoms in total. The van der Waals surface area contributed by atoms with E-state index in [0.29, 0.717) is 11.3 Å². The van der Waals surface area contributed by atoms with Crippen molar-refractivity contribution in [1.82, 2.24) is 9.62 Å². The van der Waals surface area contributed by atoms with Gasteiger partial charge in [-0.2, -0.15) is 0 Å². The van der Waals surface area contributed by atoms with E-state index in [4.69, 9.17) is 9.15 Å². The lowest BCUT2D eigenvalue weighted by atomic mass is 10.1. The van der Waals surface area contributed by atoms with Crippen LogP contribution in [0, 0.1) is 13.8 Å². The van der Waals surface area contributed by atoms with E-state index in [1.54, 1.807) is 32.4 Å². The van der Waals surface area contributed by atoms with Crippen LogP contribution in [0.1, 0.15) is 35.8 Å². The van der Waals surface area contributed by atoms with E-state index in [-0.39, 0.29) is 17.5 Å². The Hall–Kier alpha value is -1.83. The molecule has 1 unspecified atom stereocenters. The molecule has 1 saturated heterocycles. The van der Waals surface area contributed by atoms with E-state index >= 15 is 0 Å². The Morgan fingerprint density at radius 1 is 1.23 bits per heavy atom. The minimum atomic E-state index is -3.63. The molecule has 142 valence electrons. The Bertz CT molecular complexity index is 841. The monoisotopic (exact) mass is 378 g/mol. The summed E-state index contributed by atoms with van der Waals surface area (Å²) in [6.07, 6.45) is 3.88. The van der Waals surface area contributed by atoms with Gasteiger partial charge in [0.15, 0.2) is 0 Å². The average Bonchev–Trinajstić information content (AvgIpc) is 3.30. The van der Waals surface area contributed by atoms with Crippen LogP contribution in [0.2, 0.25) is 0 Å². The lowest BCUT2D eigenvalue weighted by Gasteiger charge is -2.26. The van der Waals surface area contributed by atoms with Crippen molar-refractivity contribution < 1.29 is 17.6 Å². The van der Waals surface area contributed by atoms with Gasteiger partial charge in [-0.1, -0.05) is 0 Å². The number of furan rings is 1. The first kappa shape index (κ1) is 18.9. The van der Waals surface area contributed by atoms with Crippen LogP contribution in [0.25, 0.3) is 0 Å². The molecule has 0 spiro atoms. The first-order valence-electron chi connectivity index (χ1n) is 8.84. The number of aryl methyl sites for hydroxylation is 2. The molecule has 1 atom stereocenters. The molecule has 1 aromatic heterocycles. The van der Waals surface area contributed by atoms with Crippen LogP contribution in [0.5, 0.6) is 5.75 Å². The molecule has 3 rings (SSSR count). The molecule has 26 heavy (non-hydrogen) atoms. The highest BCUT2D eigenvalue weighted by atomic mass is 32.2. The quantitative estimate of drug-likeness (QED) is 0.802. The van der Waals surface area contributed by atoms with E-state index in [1.807, 2.05) is 19.1 Å². The highest BCUT2D eigenvalue weighted by Gasteiger charge is 2.28. The maximum Gasteiger partial charge on any atom is 0.240 e. The van der Waals surface area contributed by atoms with E-state index in [0.717, 1.165) is 37.3 Å². The Labute approximate surface area is 155 Å². The van der Waals surface area contributed by atoms with Crippen LogP contribution in [0.3, 0.4) is 0 Å². The zero-order valence-corrected chi connectivity index (χ0v) is 16.3. The number of ether oxygens (including phenoxy) is 1. The predicted molar refractivity (Wildman–Crippen MR) is 99.9 cm³/mol. The van der Waals surface area contributed by atoms with Gasteiger partial charge < -0.3 is 9.15 Å². The fraction of sp³-hybridized carbons (Fsp3) is 0.474. The maximum absolute atomic E-state index is 12.9. The third kappa shape index (κ3) is 3.95. The second-order valence-electron chi connectivity index (χ2n) is 6.71. The van der Waals surface area contributed by atoms with Gasteiger partial charge in [0.1, 0.15) is 11.5 Å². The fourth-order valence-corrected chi connectivity index (χ4v) is 4.83. The number of methoxy groups -OCH3 is 1. The Kier molecular flexibility index (Phi) is 5.70. The van der Waals surface area contributed by atoms with Gasteiger partial charge in [-0.15, -0.1) is 0 Å². The van der Waals surface area contributed by atoms with E-state index < -0.39 is 10.0 Å². The summed E-state index contributed by atoms with van der Waals surface area (Å²) < 4.78 is 39.4. The number of sulfonamides is 1. The highest BCUT2D eigenvalue weighted by molar-refractivity contribution is 7.89. The number of nitrogens with one attached hydrogen (secondary N) is 1. The number of benzene rings is 1. The Morgan fingerprint density at radius 2 is 1.96 bits per heavy atom. The summed E-state index contributed by atoms with van der Waals surface area (Å²) in [5.41, 5.74) is 1.45. The molecule has 1 fully saturated rings. The summed E-state index contributed by atoms with van der Waals surface area (Å²) in [6, 6.07) is 7.06. The summed E-state index contributed by atoms with van der Waals surface area (Å²) in [6.45, 7) is 5.80. The second-order valence-corrected chi connectivity index (χ2v) is 8.45. The number of nitrogens with zero attached hydrogens (tertiary/aromatic N) is 1. The van der Waals surface area contributed by atoms with Gasteiger partial charge in [-0.05, 0) is 75.2 Å². The van der Waals surface area contributed by atoms with Crippen molar-refractivity contribution in [3.63, 3.8) is 0 Å². The predicted octanol–water partition coefficient (Wildman–Crippen LogP) is 3.02. The van der Waals surface area contributed by atoms with E-state index in [9.17, 15) is 8.42 Å². The van der Waals surface area contributed by atoms with Crippen molar-refractivity contribution in [3.05, 3.63) is 47.4 Å². The number of hydrogen-bond acceptors (Lipinski definition) is 5. The average molecular weight is 378 g/mol. The van der Waals surface area contributed by atoms with Gasteiger partial charge >= 0.3 is 0 Å². The van der Waals surface area contributed by atoms with Crippen molar-refractivity contribution in [3.8, 4) is 5.75 Å². The number of likely N-dealkylation sites (tertiary alicyclic amines) is 1. The highest BCUT2D eigenvalue weighted by Crippen LogP contribution is 2.28. The maximum atomic E-state index is 12.9. The molecule has 0 amide bonds. The first-order valence-corrected chi connectivity index (χ1v) is 10.3. The number of rotatable bonds is 7. The van der Waals surface area contributed by atoms with Crippen molar-refractivity contribution in [2.45, 2.75) is 37.6 Å². The summed E-state index contributed by atoms with van der Waals surface area (Å²) in [4.78, 5) is 2.56. The largest absolute Gasteiger partial charge is 0.496 e. The van der Waals surface area contributed by atoms with Crippen LogP contribution in [-0.2, 0) is 10.0 Å². The lowest BCUT2D eigenvalue weighted by Crippen LogP contribution is -2.36. The Balaban J connectivity index is 1.81. The molecule has 2 heterocycles. The molecule has 2 aromatic rings.